The highest BCUT2D eigenvalue weighted by atomic mass is 19.4. The Morgan fingerprint density at radius 2 is 0.900 bits per heavy atom. The van der Waals surface area contributed by atoms with E-state index in [1.165, 1.54) is 62.4 Å². The number of nitrogens with zero attached hydrogens (tertiary/aromatic N) is 2. The van der Waals surface area contributed by atoms with Crippen LogP contribution in [0, 0.1) is 0 Å². The molecule has 10 nitrogen and oxygen atoms in total. The third-order valence-electron chi connectivity index (χ3n) is 4.91. The fraction of sp³-hybridized carbons (Fsp3) is 0.250. The second kappa shape index (κ2) is 13.3. The summed E-state index contributed by atoms with van der Waals surface area (Å²) in [6.45, 7) is 3.04. The molecule has 0 radical (unpaired) electrons. The predicted octanol–water partition coefficient (Wildman–Crippen LogP) is 3.85. The number of hydrogen-bond donors (Lipinski definition) is 4. The van der Waals surface area contributed by atoms with Crippen LogP contribution in [0.25, 0.3) is 0 Å². The Bertz CT molecular complexity index is 1200. The largest absolute Gasteiger partial charge is 0.471 e. The van der Waals surface area contributed by atoms with E-state index in [0.717, 1.165) is 0 Å². The number of hydrazone groups is 2. The zero-order valence-electron chi connectivity index (χ0n) is 20.8. The first-order chi connectivity index (χ1) is 18.6. The van der Waals surface area contributed by atoms with Gasteiger partial charge in [-0.2, -0.15) is 36.5 Å². The smallest absolute Gasteiger partial charge is 0.318 e. The number of anilines is 2. The molecule has 2 rings (SSSR count). The highest BCUT2D eigenvalue weighted by molar-refractivity contribution is 6.01. The molecule has 0 aliphatic rings. The van der Waals surface area contributed by atoms with Crippen LogP contribution in [-0.4, -0.2) is 47.4 Å². The van der Waals surface area contributed by atoms with Crippen LogP contribution < -0.4 is 21.5 Å². The molecule has 0 atom stereocenters. The Balaban J connectivity index is 1.81. The van der Waals surface area contributed by atoms with Gasteiger partial charge in [-0.1, -0.05) is 24.3 Å². The monoisotopic (exact) mass is 572 g/mol. The molecule has 2 aromatic rings. The van der Waals surface area contributed by atoms with Crippen LogP contribution in [-0.2, 0) is 19.2 Å². The van der Waals surface area contributed by atoms with Crippen molar-refractivity contribution in [1.82, 2.24) is 10.9 Å². The van der Waals surface area contributed by atoms with E-state index in [1.54, 1.807) is 10.6 Å². The summed E-state index contributed by atoms with van der Waals surface area (Å²) in [7, 11) is 0. The van der Waals surface area contributed by atoms with Gasteiger partial charge in [0, 0.05) is 24.2 Å². The molecule has 4 amide bonds. The maximum absolute atomic E-state index is 12.3. The first kappa shape index (κ1) is 31.5. The summed E-state index contributed by atoms with van der Waals surface area (Å²) in [6.07, 6.45) is -10.6. The van der Waals surface area contributed by atoms with Crippen molar-refractivity contribution in [1.29, 1.82) is 0 Å². The van der Waals surface area contributed by atoms with E-state index in [9.17, 15) is 45.5 Å². The first-order valence-corrected chi connectivity index (χ1v) is 11.2. The highest BCUT2D eigenvalue weighted by Crippen LogP contribution is 2.20. The molecular weight excluding hydrogens is 550 g/mol. The Hall–Kier alpha value is -4.76. The van der Waals surface area contributed by atoms with Crippen molar-refractivity contribution in [3.05, 3.63) is 59.7 Å². The van der Waals surface area contributed by atoms with Crippen LogP contribution >= 0.6 is 0 Å². The number of benzene rings is 2. The molecule has 0 heterocycles. The minimum Gasteiger partial charge on any atom is -0.318 e. The van der Waals surface area contributed by atoms with Crippen LogP contribution in [0.4, 0.5) is 37.7 Å². The van der Waals surface area contributed by atoms with Crippen molar-refractivity contribution in [2.24, 2.45) is 10.2 Å². The maximum Gasteiger partial charge on any atom is 0.471 e. The molecule has 214 valence electrons. The normalized spacial score (nSPS) is 12.4. The average Bonchev–Trinajstić information content (AvgIpc) is 2.88. The number of carbonyl (C=O) groups is 4. The lowest BCUT2D eigenvalue weighted by Crippen LogP contribution is -2.29. The number of carbonyl (C=O) groups excluding carboxylic acids is 4. The molecule has 2 aromatic carbocycles. The van der Waals surface area contributed by atoms with Crippen LogP contribution in [0.1, 0.15) is 37.8 Å². The maximum atomic E-state index is 12.3. The molecule has 0 bridgehead atoms. The van der Waals surface area contributed by atoms with Crippen molar-refractivity contribution < 1.29 is 45.5 Å². The van der Waals surface area contributed by atoms with E-state index in [4.69, 9.17) is 0 Å². The second-order valence-corrected chi connectivity index (χ2v) is 8.02. The van der Waals surface area contributed by atoms with Gasteiger partial charge in [0.05, 0.1) is 11.4 Å². The zero-order valence-corrected chi connectivity index (χ0v) is 20.8. The van der Waals surface area contributed by atoms with Gasteiger partial charge in [-0.15, -0.1) is 0 Å². The highest BCUT2D eigenvalue weighted by Gasteiger charge is 2.39. The number of nitrogens with one attached hydrogen (secondary N) is 4. The van der Waals surface area contributed by atoms with Gasteiger partial charge < -0.3 is 10.6 Å². The van der Waals surface area contributed by atoms with Gasteiger partial charge in [-0.05, 0) is 49.2 Å². The van der Waals surface area contributed by atoms with Crippen molar-refractivity contribution in [2.45, 2.75) is 39.0 Å². The molecule has 0 saturated carbocycles. The number of amides is 4. The van der Waals surface area contributed by atoms with Crippen LogP contribution in [0.3, 0.4) is 0 Å². The van der Waals surface area contributed by atoms with E-state index in [-0.39, 0.29) is 24.2 Å². The molecule has 0 spiro atoms. The summed E-state index contributed by atoms with van der Waals surface area (Å²) in [5.41, 5.74) is 5.80. The van der Waals surface area contributed by atoms with Gasteiger partial charge >= 0.3 is 24.2 Å². The van der Waals surface area contributed by atoms with Crippen molar-refractivity contribution in [3.8, 4) is 0 Å². The second-order valence-electron chi connectivity index (χ2n) is 8.02. The van der Waals surface area contributed by atoms with Crippen molar-refractivity contribution >= 4 is 46.4 Å². The van der Waals surface area contributed by atoms with Crippen molar-refractivity contribution in [3.63, 3.8) is 0 Å². The van der Waals surface area contributed by atoms with Crippen molar-refractivity contribution in [2.75, 3.05) is 10.6 Å². The fourth-order valence-corrected chi connectivity index (χ4v) is 2.75. The van der Waals surface area contributed by atoms with Crippen LogP contribution in [0.15, 0.2) is 58.7 Å². The minimum atomic E-state index is -5.03. The van der Waals surface area contributed by atoms with Gasteiger partial charge in [-0.25, -0.2) is 10.9 Å². The lowest BCUT2D eigenvalue weighted by molar-refractivity contribution is -0.167. The van der Waals surface area contributed by atoms with E-state index in [2.05, 4.69) is 21.1 Å². The molecule has 4 N–H and O–H groups in total. The summed E-state index contributed by atoms with van der Waals surface area (Å²) in [5, 5.41) is 11.1. The summed E-state index contributed by atoms with van der Waals surface area (Å²) >= 11 is 0. The zero-order chi connectivity index (χ0) is 30.1. The molecule has 0 aliphatic carbocycles. The Morgan fingerprint density at radius 3 is 1.18 bits per heavy atom. The minimum absolute atomic E-state index is 0.0849. The average molecular weight is 572 g/mol. The van der Waals surface area contributed by atoms with Crippen LogP contribution in [0.5, 0.6) is 0 Å². The van der Waals surface area contributed by atoms with E-state index in [0.29, 0.717) is 22.6 Å². The molecule has 0 aliphatic heterocycles. The fourth-order valence-electron chi connectivity index (χ4n) is 2.75. The summed E-state index contributed by atoms with van der Waals surface area (Å²) < 4.78 is 73.9. The van der Waals surface area contributed by atoms with E-state index < -0.39 is 36.0 Å². The SMILES string of the molecule is C/C(=N\NC(=O)CCC(=O)N/N=C(\C)c1ccc(NC(=O)C(F)(F)F)cc1)c1ccc(NC(=O)C(F)(F)F)cc1. The van der Waals surface area contributed by atoms with Gasteiger partial charge in [0.25, 0.3) is 0 Å². The van der Waals surface area contributed by atoms with Crippen LogP contribution in [0.2, 0.25) is 0 Å². The van der Waals surface area contributed by atoms with Gasteiger partial charge in [-0.3, -0.25) is 19.2 Å². The van der Waals surface area contributed by atoms with E-state index >= 15 is 0 Å². The summed E-state index contributed by atoms with van der Waals surface area (Å²) in [5.74, 6) is -5.45. The first-order valence-electron chi connectivity index (χ1n) is 11.2. The Morgan fingerprint density at radius 1 is 0.600 bits per heavy atom. The molecular formula is C24H22F6N6O4. The molecule has 40 heavy (non-hydrogen) atoms. The lowest BCUT2D eigenvalue weighted by Gasteiger charge is -2.09. The standard InChI is InChI=1S/C24H22F6N6O4/c1-13(15-3-7-17(8-4-15)31-21(39)23(25,26)27)33-35-19(37)11-12-20(38)36-34-14(2)16-5-9-18(10-6-16)32-22(40)24(28,29)30/h3-10H,11-12H2,1-2H3,(H,31,39)(H,32,40)(H,35,37)(H,36,38)/b33-13+,34-14+. The van der Waals surface area contributed by atoms with E-state index in [1.807, 2.05) is 0 Å². The number of rotatable bonds is 9. The third kappa shape index (κ3) is 10.2. The molecule has 0 aromatic heterocycles. The number of alkyl halides is 6. The van der Waals surface area contributed by atoms with Gasteiger partial charge in [0.1, 0.15) is 0 Å². The number of halogens is 6. The summed E-state index contributed by atoms with van der Waals surface area (Å²) in [4.78, 5) is 45.9. The lowest BCUT2D eigenvalue weighted by atomic mass is 10.1. The third-order valence-corrected chi connectivity index (χ3v) is 4.91. The van der Waals surface area contributed by atoms with Gasteiger partial charge in [0.2, 0.25) is 11.8 Å². The topological polar surface area (TPSA) is 141 Å². The Labute approximate surface area is 222 Å². The molecule has 0 unspecified atom stereocenters. The molecule has 16 heteroatoms. The predicted molar refractivity (Wildman–Crippen MR) is 132 cm³/mol. The summed E-state index contributed by atoms with van der Waals surface area (Å²) in [6, 6.07) is 10.5. The van der Waals surface area contributed by atoms with Gasteiger partial charge in [0.15, 0.2) is 0 Å². The Kier molecular flexibility index (Phi) is 10.5. The molecule has 0 fully saturated rings. The quantitative estimate of drug-likeness (QED) is 0.206. The molecule has 0 saturated heterocycles. The number of hydrogen-bond acceptors (Lipinski definition) is 6.